The number of ether oxygens (including phenoxy) is 1. The molecule has 1 aromatic heterocycles. The van der Waals surface area contributed by atoms with Gasteiger partial charge in [-0.3, -0.25) is 14.9 Å². The lowest BCUT2D eigenvalue weighted by Gasteiger charge is -2.05. The number of hydrogen-bond donors (Lipinski definition) is 2. The molecule has 0 fully saturated rings. The first-order valence-corrected chi connectivity index (χ1v) is 9.09. The number of amides is 2. The van der Waals surface area contributed by atoms with Crippen LogP contribution < -0.4 is 10.6 Å². The van der Waals surface area contributed by atoms with E-state index in [1.165, 1.54) is 23.1 Å². The van der Waals surface area contributed by atoms with Gasteiger partial charge in [-0.15, -0.1) is 22.0 Å². The molecule has 2 N–H and O–H groups in total. The van der Waals surface area contributed by atoms with Gasteiger partial charge in [0.2, 0.25) is 16.9 Å². The zero-order valence-corrected chi connectivity index (χ0v) is 15.0. The van der Waals surface area contributed by atoms with E-state index in [-0.39, 0.29) is 23.3 Å². The zero-order valence-electron chi connectivity index (χ0n) is 13.4. The van der Waals surface area contributed by atoms with Crippen molar-refractivity contribution in [2.45, 2.75) is 13.5 Å². The number of nitrogens with one attached hydrogen (secondary N) is 2. The summed E-state index contributed by atoms with van der Waals surface area (Å²) in [6.07, 6.45) is 0. The first-order chi connectivity index (χ1) is 11.6. The van der Waals surface area contributed by atoms with Crippen LogP contribution in [0.15, 0.2) is 24.3 Å². The maximum atomic E-state index is 11.8. The average molecular weight is 366 g/mol. The monoisotopic (exact) mass is 366 g/mol. The SMILES string of the molecule is COCc1nnc(NC(=O)CSCC(=O)Nc2ccc(C)cc2)s1. The fourth-order valence-electron chi connectivity index (χ4n) is 1.71. The number of thioether (sulfide) groups is 1. The topological polar surface area (TPSA) is 93.2 Å². The van der Waals surface area contributed by atoms with Crippen LogP contribution in [0.2, 0.25) is 0 Å². The summed E-state index contributed by atoms with van der Waals surface area (Å²) >= 11 is 2.50. The van der Waals surface area contributed by atoms with E-state index in [1.807, 2.05) is 31.2 Å². The van der Waals surface area contributed by atoms with Crippen LogP contribution >= 0.6 is 23.1 Å². The first kappa shape index (κ1) is 18.4. The molecule has 2 aromatic rings. The predicted molar refractivity (Wildman–Crippen MR) is 96.4 cm³/mol. The summed E-state index contributed by atoms with van der Waals surface area (Å²) in [7, 11) is 1.57. The predicted octanol–water partition coefficient (Wildman–Crippen LogP) is 2.30. The minimum absolute atomic E-state index is 0.144. The molecular formula is C15H18N4O3S2. The molecule has 128 valence electrons. The summed E-state index contributed by atoms with van der Waals surface area (Å²) in [4.78, 5) is 23.6. The van der Waals surface area contributed by atoms with Gasteiger partial charge in [-0.05, 0) is 19.1 Å². The smallest absolute Gasteiger partial charge is 0.236 e. The fraction of sp³-hybridized carbons (Fsp3) is 0.333. The van der Waals surface area contributed by atoms with Gasteiger partial charge in [0.25, 0.3) is 0 Å². The second-order valence-corrected chi connectivity index (χ2v) is 6.94. The molecule has 2 amide bonds. The number of benzene rings is 1. The van der Waals surface area contributed by atoms with Gasteiger partial charge in [-0.25, -0.2) is 0 Å². The number of hydrogen-bond acceptors (Lipinski definition) is 7. The summed E-state index contributed by atoms with van der Waals surface area (Å²) < 4.78 is 4.94. The van der Waals surface area contributed by atoms with Gasteiger partial charge < -0.3 is 10.1 Å². The molecule has 0 radical (unpaired) electrons. The molecule has 9 heteroatoms. The van der Waals surface area contributed by atoms with E-state index < -0.39 is 0 Å². The van der Waals surface area contributed by atoms with Gasteiger partial charge in [0.1, 0.15) is 11.6 Å². The molecule has 0 aliphatic rings. The third-order valence-electron chi connectivity index (χ3n) is 2.78. The third-order valence-corrected chi connectivity index (χ3v) is 4.53. The molecule has 1 aromatic carbocycles. The molecule has 0 bridgehead atoms. The summed E-state index contributed by atoms with van der Waals surface area (Å²) in [5.41, 5.74) is 1.87. The summed E-state index contributed by atoms with van der Waals surface area (Å²) in [5.74, 6) is 0.00513. The minimum atomic E-state index is -0.219. The Labute approximate surface area is 148 Å². The zero-order chi connectivity index (χ0) is 17.4. The molecule has 0 aliphatic heterocycles. The Balaban J connectivity index is 1.67. The van der Waals surface area contributed by atoms with Gasteiger partial charge in [0, 0.05) is 12.8 Å². The van der Waals surface area contributed by atoms with Crippen molar-refractivity contribution >= 4 is 45.7 Å². The van der Waals surface area contributed by atoms with Gasteiger partial charge >= 0.3 is 0 Å². The number of aromatic nitrogens is 2. The maximum Gasteiger partial charge on any atom is 0.236 e. The molecule has 0 atom stereocenters. The van der Waals surface area contributed by atoms with Crippen molar-refractivity contribution in [3.8, 4) is 0 Å². The van der Waals surface area contributed by atoms with Gasteiger partial charge in [0.05, 0.1) is 11.5 Å². The summed E-state index contributed by atoms with van der Waals surface area (Å²) in [6.45, 7) is 2.34. The molecule has 0 saturated heterocycles. The van der Waals surface area contributed by atoms with E-state index in [4.69, 9.17) is 4.74 Å². The van der Waals surface area contributed by atoms with Crippen LogP contribution in [-0.2, 0) is 20.9 Å². The van der Waals surface area contributed by atoms with E-state index in [9.17, 15) is 9.59 Å². The average Bonchev–Trinajstić information content (AvgIpc) is 2.97. The Kier molecular flexibility index (Phi) is 7.16. The molecular weight excluding hydrogens is 348 g/mol. The Bertz CT molecular complexity index is 688. The third kappa shape index (κ3) is 6.26. The summed E-state index contributed by atoms with van der Waals surface area (Å²) in [6, 6.07) is 7.54. The molecule has 7 nitrogen and oxygen atoms in total. The highest BCUT2D eigenvalue weighted by molar-refractivity contribution is 8.00. The van der Waals surface area contributed by atoms with Crippen molar-refractivity contribution in [3.05, 3.63) is 34.8 Å². The van der Waals surface area contributed by atoms with Crippen LogP contribution in [0.4, 0.5) is 10.8 Å². The van der Waals surface area contributed by atoms with Gasteiger partial charge in [0.15, 0.2) is 0 Å². The highest BCUT2D eigenvalue weighted by atomic mass is 32.2. The van der Waals surface area contributed by atoms with Crippen molar-refractivity contribution in [2.75, 3.05) is 29.2 Å². The second-order valence-electron chi connectivity index (χ2n) is 4.89. The van der Waals surface area contributed by atoms with E-state index in [1.54, 1.807) is 7.11 Å². The number of nitrogens with zero attached hydrogens (tertiary/aromatic N) is 2. The van der Waals surface area contributed by atoms with E-state index >= 15 is 0 Å². The Morgan fingerprint density at radius 1 is 1.12 bits per heavy atom. The highest BCUT2D eigenvalue weighted by Crippen LogP contribution is 2.16. The van der Waals surface area contributed by atoms with Crippen molar-refractivity contribution in [1.29, 1.82) is 0 Å². The highest BCUT2D eigenvalue weighted by Gasteiger charge is 2.09. The molecule has 1 heterocycles. The number of carbonyl (C=O) groups excluding carboxylic acids is 2. The number of methoxy groups -OCH3 is 1. The fourth-order valence-corrected chi connectivity index (χ4v) is 3.06. The second kappa shape index (κ2) is 9.36. The van der Waals surface area contributed by atoms with Crippen LogP contribution in [0.5, 0.6) is 0 Å². The molecule has 0 spiro atoms. The Morgan fingerprint density at radius 3 is 2.46 bits per heavy atom. The van der Waals surface area contributed by atoms with Crippen LogP contribution in [-0.4, -0.2) is 40.6 Å². The lowest BCUT2D eigenvalue weighted by molar-refractivity contribution is -0.114. The maximum absolute atomic E-state index is 11.8. The lowest BCUT2D eigenvalue weighted by atomic mass is 10.2. The molecule has 0 unspecified atom stereocenters. The van der Waals surface area contributed by atoms with Crippen LogP contribution in [0.1, 0.15) is 10.6 Å². The molecule has 0 aliphatic carbocycles. The standard InChI is InChI=1S/C15H18N4O3S2/c1-10-3-5-11(6-4-10)16-12(20)8-23-9-13(21)17-15-19-18-14(24-15)7-22-2/h3-6H,7-9H2,1-2H3,(H,16,20)(H,17,19,21). The lowest BCUT2D eigenvalue weighted by Crippen LogP contribution is -2.18. The normalized spacial score (nSPS) is 10.4. The number of anilines is 2. The van der Waals surface area contributed by atoms with Crippen molar-refractivity contribution in [3.63, 3.8) is 0 Å². The number of aryl methyl sites for hydroxylation is 1. The Hall–Kier alpha value is -1.97. The van der Waals surface area contributed by atoms with Crippen molar-refractivity contribution in [1.82, 2.24) is 10.2 Å². The van der Waals surface area contributed by atoms with Crippen molar-refractivity contribution < 1.29 is 14.3 Å². The van der Waals surface area contributed by atoms with Crippen LogP contribution in [0.3, 0.4) is 0 Å². The summed E-state index contributed by atoms with van der Waals surface area (Å²) in [5, 5.41) is 14.3. The first-order valence-electron chi connectivity index (χ1n) is 7.12. The Morgan fingerprint density at radius 2 is 1.79 bits per heavy atom. The van der Waals surface area contributed by atoms with Crippen LogP contribution in [0, 0.1) is 6.92 Å². The quantitative estimate of drug-likeness (QED) is 0.745. The van der Waals surface area contributed by atoms with Crippen molar-refractivity contribution in [2.24, 2.45) is 0 Å². The van der Waals surface area contributed by atoms with E-state index in [2.05, 4.69) is 20.8 Å². The van der Waals surface area contributed by atoms with Crippen LogP contribution in [0.25, 0.3) is 0 Å². The minimum Gasteiger partial charge on any atom is -0.377 e. The largest absolute Gasteiger partial charge is 0.377 e. The number of carbonyl (C=O) groups is 2. The number of rotatable bonds is 8. The van der Waals surface area contributed by atoms with Gasteiger partial charge in [-0.1, -0.05) is 29.0 Å². The van der Waals surface area contributed by atoms with E-state index in [0.717, 1.165) is 11.3 Å². The molecule has 24 heavy (non-hydrogen) atoms. The molecule has 2 rings (SSSR count). The van der Waals surface area contributed by atoms with E-state index in [0.29, 0.717) is 16.7 Å². The van der Waals surface area contributed by atoms with Gasteiger partial charge in [-0.2, -0.15) is 0 Å². The molecule has 0 saturated carbocycles.